The number of aliphatic hydroxyl groups is 1. The maximum absolute atomic E-state index is 10.8. The zero-order valence-corrected chi connectivity index (χ0v) is 10.5. The highest BCUT2D eigenvalue weighted by Gasteiger charge is 2.30. The second-order valence-corrected chi connectivity index (χ2v) is 5.85. The highest BCUT2D eigenvalue weighted by atomic mass is 32.2. The summed E-state index contributed by atoms with van der Waals surface area (Å²) in [6.45, 7) is 0. The maximum Gasteiger partial charge on any atom is 0.268 e. The van der Waals surface area contributed by atoms with Crippen molar-refractivity contribution >= 4 is 15.7 Å². The molecule has 0 aromatic heterocycles. The molecule has 1 aliphatic rings. The molecule has 0 heterocycles. The Morgan fingerprint density at radius 3 is 2.39 bits per heavy atom. The molecule has 0 saturated carbocycles. The summed E-state index contributed by atoms with van der Waals surface area (Å²) in [6, 6.07) is 9.59. The lowest BCUT2D eigenvalue weighted by Gasteiger charge is -2.25. The first kappa shape index (κ1) is 13.0. The second kappa shape index (κ2) is 4.68. The highest BCUT2D eigenvalue weighted by molar-refractivity contribution is 7.85. The van der Waals surface area contributed by atoms with Gasteiger partial charge in [-0.1, -0.05) is 48.6 Å². The van der Waals surface area contributed by atoms with Gasteiger partial charge in [-0.3, -0.25) is 4.55 Å². The van der Waals surface area contributed by atoms with Gasteiger partial charge in [0.05, 0.1) is 0 Å². The molecule has 1 atom stereocenters. The Bertz CT molecular complexity index is 587. The molecular weight excluding hydrogens is 252 g/mol. The van der Waals surface area contributed by atoms with Gasteiger partial charge in [-0.15, -0.1) is 0 Å². The molecule has 0 fully saturated rings. The van der Waals surface area contributed by atoms with Crippen LogP contribution in [0.15, 0.2) is 48.6 Å². The Hall–Kier alpha value is -1.43. The van der Waals surface area contributed by atoms with E-state index < -0.39 is 21.5 Å². The van der Waals surface area contributed by atoms with Gasteiger partial charge in [-0.25, -0.2) is 0 Å². The first-order valence-corrected chi connectivity index (χ1v) is 7.11. The lowest BCUT2D eigenvalue weighted by atomic mass is 9.91. The number of hydrogen-bond donors (Lipinski definition) is 2. The first-order valence-electron chi connectivity index (χ1n) is 5.50. The first-order chi connectivity index (χ1) is 8.38. The van der Waals surface area contributed by atoms with Crippen molar-refractivity contribution in [2.24, 2.45) is 0 Å². The lowest BCUT2D eigenvalue weighted by molar-refractivity contribution is 0.115. The maximum atomic E-state index is 10.8. The van der Waals surface area contributed by atoms with Crippen LogP contribution in [-0.2, 0) is 10.1 Å². The Morgan fingerprint density at radius 1 is 1.22 bits per heavy atom. The van der Waals surface area contributed by atoms with E-state index in [1.165, 1.54) is 6.08 Å². The van der Waals surface area contributed by atoms with E-state index in [2.05, 4.69) is 0 Å². The Kier molecular flexibility index (Phi) is 3.38. The molecule has 96 valence electrons. The van der Waals surface area contributed by atoms with Crippen LogP contribution < -0.4 is 0 Å². The molecule has 1 aromatic carbocycles. The average Bonchev–Trinajstić information content (AvgIpc) is 2.28. The van der Waals surface area contributed by atoms with Gasteiger partial charge < -0.3 is 5.11 Å². The molecule has 1 aromatic rings. The van der Waals surface area contributed by atoms with Gasteiger partial charge >= 0.3 is 0 Å². The lowest BCUT2D eigenvalue weighted by Crippen LogP contribution is -2.35. The van der Waals surface area contributed by atoms with E-state index in [-0.39, 0.29) is 6.42 Å². The SMILES string of the molecule is O=S(=O)(O)CC1(O)C=CC(c2ccccc2)=CC1. The van der Waals surface area contributed by atoms with E-state index >= 15 is 0 Å². The normalized spacial score (nSPS) is 23.8. The molecule has 18 heavy (non-hydrogen) atoms. The zero-order chi connectivity index (χ0) is 13.2. The fourth-order valence-corrected chi connectivity index (χ4v) is 2.78. The third-order valence-electron chi connectivity index (χ3n) is 2.79. The molecule has 0 saturated heterocycles. The van der Waals surface area contributed by atoms with Crippen LogP contribution in [-0.4, -0.2) is 29.4 Å². The van der Waals surface area contributed by atoms with Gasteiger partial charge in [-0.2, -0.15) is 8.42 Å². The minimum Gasteiger partial charge on any atom is -0.384 e. The smallest absolute Gasteiger partial charge is 0.268 e. The Labute approximate surface area is 106 Å². The van der Waals surface area contributed by atoms with E-state index in [4.69, 9.17) is 4.55 Å². The van der Waals surface area contributed by atoms with Gasteiger partial charge in [0.1, 0.15) is 11.4 Å². The summed E-state index contributed by atoms with van der Waals surface area (Å²) in [6.07, 6.45) is 5.02. The van der Waals surface area contributed by atoms with E-state index in [1.54, 1.807) is 12.2 Å². The molecule has 5 heteroatoms. The Balaban J connectivity index is 2.17. The van der Waals surface area contributed by atoms with Crippen LogP contribution in [0.25, 0.3) is 5.57 Å². The summed E-state index contributed by atoms with van der Waals surface area (Å²) in [4.78, 5) is 0. The van der Waals surface area contributed by atoms with Crippen molar-refractivity contribution in [3.05, 3.63) is 54.1 Å². The van der Waals surface area contributed by atoms with Crippen molar-refractivity contribution in [1.29, 1.82) is 0 Å². The summed E-state index contributed by atoms with van der Waals surface area (Å²) >= 11 is 0. The topological polar surface area (TPSA) is 74.6 Å². The molecule has 0 spiro atoms. The van der Waals surface area contributed by atoms with Gasteiger partial charge in [0.25, 0.3) is 10.1 Å². The zero-order valence-electron chi connectivity index (χ0n) is 9.65. The minimum atomic E-state index is -4.19. The van der Waals surface area contributed by atoms with E-state index in [9.17, 15) is 13.5 Å². The largest absolute Gasteiger partial charge is 0.384 e. The number of hydrogen-bond acceptors (Lipinski definition) is 3. The highest BCUT2D eigenvalue weighted by Crippen LogP contribution is 2.27. The van der Waals surface area contributed by atoms with Gasteiger partial charge in [0.2, 0.25) is 0 Å². The molecule has 2 rings (SSSR count). The van der Waals surface area contributed by atoms with Crippen molar-refractivity contribution in [2.75, 3.05) is 5.75 Å². The third-order valence-corrected chi connectivity index (χ3v) is 3.65. The van der Waals surface area contributed by atoms with Crippen molar-refractivity contribution in [1.82, 2.24) is 0 Å². The number of benzene rings is 1. The fraction of sp³-hybridized carbons (Fsp3) is 0.231. The van der Waals surface area contributed by atoms with Gasteiger partial charge in [0.15, 0.2) is 0 Å². The van der Waals surface area contributed by atoms with Gasteiger partial charge in [0, 0.05) is 0 Å². The molecule has 1 unspecified atom stereocenters. The summed E-state index contributed by atoms with van der Waals surface area (Å²) in [5.74, 6) is -0.685. The van der Waals surface area contributed by atoms with Crippen LogP contribution in [0.3, 0.4) is 0 Å². The monoisotopic (exact) mass is 266 g/mol. The van der Waals surface area contributed by atoms with Gasteiger partial charge in [-0.05, 0) is 17.6 Å². The standard InChI is InChI=1S/C13H14O4S/c14-13(10-18(15,16)17)8-6-12(7-9-13)11-4-2-1-3-5-11/h1-8,14H,9-10H2,(H,15,16,17). The molecule has 0 radical (unpaired) electrons. The quantitative estimate of drug-likeness (QED) is 0.816. The van der Waals surface area contributed by atoms with Crippen LogP contribution in [0.1, 0.15) is 12.0 Å². The molecule has 4 nitrogen and oxygen atoms in total. The van der Waals surface area contributed by atoms with E-state index in [1.807, 2.05) is 30.3 Å². The van der Waals surface area contributed by atoms with Crippen molar-refractivity contribution in [3.63, 3.8) is 0 Å². The predicted molar refractivity (Wildman–Crippen MR) is 69.5 cm³/mol. The summed E-state index contributed by atoms with van der Waals surface area (Å²) < 4.78 is 30.4. The number of rotatable bonds is 3. The summed E-state index contributed by atoms with van der Waals surface area (Å²) in [7, 11) is -4.19. The number of allylic oxidation sites excluding steroid dienone is 2. The van der Waals surface area contributed by atoms with Crippen LogP contribution in [0, 0.1) is 0 Å². The molecule has 0 amide bonds. The van der Waals surface area contributed by atoms with E-state index in [0.717, 1.165) is 11.1 Å². The third kappa shape index (κ3) is 3.29. The van der Waals surface area contributed by atoms with Crippen LogP contribution in [0.5, 0.6) is 0 Å². The summed E-state index contributed by atoms with van der Waals surface area (Å²) in [5.41, 5.74) is 0.407. The van der Waals surface area contributed by atoms with Crippen LogP contribution in [0.4, 0.5) is 0 Å². The molecule has 0 bridgehead atoms. The summed E-state index contributed by atoms with van der Waals surface area (Å²) in [5, 5.41) is 10.0. The van der Waals surface area contributed by atoms with Crippen LogP contribution >= 0.6 is 0 Å². The molecule has 1 aliphatic carbocycles. The average molecular weight is 266 g/mol. The van der Waals surface area contributed by atoms with E-state index in [0.29, 0.717) is 0 Å². The van der Waals surface area contributed by atoms with Crippen molar-refractivity contribution < 1.29 is 18.1 Å². The van der Waals surface area contributed by atoms with Crippen molar-refractivity contribution in [3.8, 4) is 0 Å². The molecule has 2 N–H and O–H groups in total. The fourth-order valence-electron chi connectivity index (χ4n) is 1.94. The predicted octanol–water partition coefficient (Wildman–Crippen LogP) is 1.65. The Morgan fingerprint density at radius 2 is 1.89 bits per heavy atom. The second-order valence-electron chi connectivity index (χ2n) is 4.39. The molecular formula is C13H14O4S. The minimum absolute atomic E-state index is 0.160. The van der Waals surface area contributed by atoms with Crippen molar-refractivity contribution in [2.45, 2.75) is 12.0 Å². The van der Waals surface area contributed by atoms with Crippen LogP contribution in [0.2, 0.25) is 0 Å². The molecule has 0 aliphatic heterocycles.